The van der Waals surface area contributed by atoms with Crippen LogP contribution in [0.1, 0.15) is 38.7 Å². The molecule has 0 aliphatic rings. The molecule has 0 aliphatic carbocycles. The standard InChI is InChI=1S/C15H22N2O2/c1-4-5-6-12(2)16-17-15(18)11-13-7-9-14(19-3)10-8-13/h7-10H,4-6,11H2,1-3H3,(H,17,18). The molecule has 0 fully saturated rings. The van der Waals surface area contributed by atoms with Crippen LogP contribution < -0.4 is 10.2 Å². The summed E-state index contributed by atoms with van der Waals surface area (Å²) in [5, 5.41) is 4.08. The first-order valence-electron chi connectivity index (χ1n) is 6.60. The molecule has 0 atom stereocenters. The second-order valence-corrected chi connectivity index (χ2v) is 4.51. The number of nitrogens with one attached hydrogen (secondary N) is 1. The van der Waals surface area contributed by atoms with Gasteiger partial charge in [0.2, 0.25) is 5.91 Å². The van der Waals surface area contributed by atoms with Crippen molar-refractivity contribution in [3.8, 4) is 5.75 Å². The minimum Gasteiger partial charge on any atom is -0.497 e. The lowest BCUT2D eigenvalue weighted by Crippen LogP contribution is -2.21. The zero-order valence-electron chi connectivity index (χ0n) is 11.9. The molecule has 0 saturated carbocycles. The third kappa shape index (κ3) is 6.04. The molecular weight excluding hydrogens is 240 g/mol. The van der Waals surface area contributed by atoms with E-state index in [2.05, 4.69) is 17.5 Å². The lowest BCUT2D eigenvalue weighted by molar-refractivity contribution is -0.120. The largest absolute Gasteiger partial charge is 0.497 e. The summed E-state index contributed by atoms with van der Waals surface area (Å²) in [5.41, 5.74) is 4.49. The van der Waals surface area contributed by atoms with Gasteiger partial charge in [-0.05, 0) is 37.5 Å². The van der Waals surface area contributed by atoms with Gasteiger partial charge in [0, 0.05) is 5.71 Å². The average Bonchev–Trinajstić information content (AvgIpc) is 2.43. The van der Waals surface area contributed by atoms with E-state index in [1.54, 1.807) is 7.11 Å². The lowest BCUT2D eigenvalue weighted by Gasteiger charge is -2.04. The van der Waals surface area contributed by atoms with Gasteiger partial charge in [-0.3, -0.25) is 4.79 Å². The number of carbonyl (C=O) groups excluding carboxylic acids is 1. The van der Waals surface area contributed by atoms with Crippen molar-refractivity contribution >= 4 is 11.6 Å². The maximum absolute atomic E-state index is 11.7. The molecule has 0 unspecified atom stereocenters. The summed E-state index contributed by atoms with van der Waals surface area (Å²) < 4.78 is 5.07. The second kappa shape index (κ2) is 8.29. The molecule has 1 amide bonds. The lowest BCUT2D eigenvalue weighted by atomic mass is 10.1. The number of amides is 1. The van der Waals surface area contributed by atoms with Crippen molar-refractivity contribution in [2.75, 3.05) is 7.11 Å². The van der Waals surface area contributed by atoms with Crippen LogP contribution in [0, 0.1) is 0 Å². The van der Waals surface area contributed by atoms with Gasteiger partial charge >= 0.3 is 0 Å². The highest BCUT2D eigenvalue weighted by Gasteiger charge is 2.02. The first-order chi connectivity index (χ1) is 9.15. The monoisotopic (exact) mass is 262 g/mol. The molecule has 0 spiro atoms. The predicted molar refractivity (Wildman–Crippen MR) is 77.5 cm³/mol. The number of unbranched alkanes of at least 4 members (excludes halogenated alkanes) is 1. The highest BCUT2D eigenvalue weighted by atomic mass is 16.5. The van der Waals surface area contributed by atoms with Crippen molar-refractivity contribution < 1.29 is 9.53 Å². The molecule has 0 bridgehead atoms. The highest BCUT2D eigenvalue weighted by molar-refractivity contribution is 5.85. The summed E-state index contributed by atoms with van der Waals surface area (Å²) >= 11 is 0. The van der Waals surface area contributed by atoms with Crippen LogP contribution in [-0.2, 0) is 11.2 Å². The van der Waals surface area contributed by atoms with Gasteiger partial charge in [0.15, 0.2) is 0 Å². The van der Waals surface area contributed by atoms with Gasteiger partial charge in [-0.1, -0.05) is 25.5 Å². The van der Waals surface area contributed by atoms with Crippen molar-refractivity contribution in [1.29, 1.82) is 0 Å². The molecule has 1 rings (SSSR count). The molecule has 1 aromatic rings. The van der Waals surface area contributed by atoms with Crippen LogP contribution >= 0.6 is 0 Å². The third-order valence-corrected chi connectivity index (χ3v) is 2.79. The Labute approximate surface area is 114 Å². The van der Waals surface area contributed by atoms with E-state index in [1.165, 1.54) is 0 Å². The van der Waals surface area contributed by atoms with Gasteiger partial charge in [0.05, 0.1) is 13.5 Å². The smallest absolute Gasteiger partial charge is 0.244 e. The summed E-state index contributed by atoms with van der Waals surface area (Å²) in [5.74, 6) is 0.693. The average molecular weight is 262 g/mol. The fourth-order valence-corrected chi connectivity index (χ4v) is 1.61. The van der Waals surface area contributed by atoms with E-state index < -0.39 is 0 Å². The van der Waals surface area contributed by atoms with E-state index in [0.717, 1.165) is 36.3 Å². The summed E-state index contributed by atoms with van der Waals surface area (Å²) in [6.45, 7) is 4.07. The van der Waals surface area contributed by atoms with Crippen LogP contribution in [0.25, 0.3) is 0 Å². The number of carbonyl (C=O) groups is 1. The van der Waals surface area contributed by atoms with E-state index in [1.807, 2.05) is 31.2 Å². The molecule has 1 N–H and O–H groups in total. The van der Waals surface area contributed by atoms with Crippen molar-refractivity contribution in [1.82, 2.24) is 5.43 Å². The fraction of sp³-hybridized carbons (Fsp3) is 0.467. The number of nitrogens with zero attached hydrogens (tertiary/aromatic N) is 1. The molecule has 1 aromatic carbocycles. The quantitative estimate of drug-likeness (QED) is 0.606. The van der Waals surface area contributed by atoms with E-state index in [-0.39, 0.29) is 5.91 Å². The van der Waals surface area contributed by atoms with Crippen LogP contribution in [0.15, 0.2) is 29.4 Å². The molecule has 0 heterocycles. The Morgan fingerprint density at radius 2 is 2.00 bits per heavy atom. The van der Waals surface area contributed by atoms with Crippen LogP contribution in [0.5, 0.6) is 5.75 Å². The summed E-state index contributed by atoms with van der Waals surface area (Å²) in [6, 6.07) is 7.45. The van der Waals surface area contributed by atoms with E-state index in [0.29, 0.717) is 6.42 Å². The zero-order chi connectivity index (χ0) is 14.1. The molecule has 19 heavy (non-hydrogen) atoms. The van der Waals surface area contributed by atoms with E-state index >= 15 is 0 Å². The maximum Gasteiger partial charge on any atom is 0.244 e. The van der Waals surface area contributed by atoms with Gasteiger partial charge in [-0.25, -0.2) is 5.43 Å². The molecular formula is C15H22N2O2. The number of rotatable bonds is 7. The first kappa shape index (κ1) is 15.2. The van der Waals surface area contributed by atoms with Gasteiger partial charge < -0.3 is 4.74 Å². The van der Waals surface area contributed by atoms with Gasteiger partial charge in [-0.15, -0.1) is 0 Å². The molecule has 0 aromatic heterocycles. The van der Waals surface area contributed by atoms with Crippen LogP contribution in [0.3, 0.4) is 0 Å². The van der Waals surface area contributed by atoms with E-state index in [9.17, 15) is 4.79 Å². The highest BCUT2D eigenvalue weighted by Crippen LogP contribution is 2.11. The minimum absolute atomic E-state index is 0.0963. The molecule has 0 saturated heterocycles. The van der Waals surface area contributed by atoms with E-state index in [4.69, 9.17) is 4.74 Å². The Bertz CT molecular complexity index is 424. The molecule has 104 valence electrons. The maximum atomic E-state index is 11.7. The Balaban J connectivity index is 2.41. The molecule has 4 heteroatoms. The number of benzene rings is 1. The van der Waals surface area contributed by atoms with Crippen molar-refractivity contribution in [2.24, 2.45) is 5.10 Å². The Morgan fingerprint density at radius 1 is 1.32 bits per heavy atom. The normalized spacial score (nSPS) is 11.2. The molecule has 0 aliphatic heterocycles. The van der Waals surface area contributed by atoms with Gasteiger partial charge in [-0.2, -0.15) is 5.10 Å². The Morgan fingerprint density at radius 3 is 2.58 bits per heavy atom. The number of hydrogen-bond donors (Lipinski definition) is 1. The zero-order valence-corrected chi connectivity index (χ0v) is 11.9. The van der Waals surface area contributed by atoms with Crippen LogP contribution in [0.2, 0.25) is 0 Å². The van der Waals surface area contributed by atoms with Gasteiger partial charge in [0.25, 0.3) is 0 Å². The number of hydrazone groups is 1. The molecule has 0 radical (unpaired) electrons. The predicted octanol–water partition coefficient (Wildman–Crippen LogP) is 2.92. The van der Waals surface area contributed by atoms with Crippen molar-refractivity contribution in [3.05, 3.63) is 29.8 Å². The summed E-state index contributed by atoms with van der Waals surface area (Å²) in [6.07, 6.45) is 3.49. The first-order valence-corrected chi connectivity index (χ1v) is 6.60. The van der Waals surface area contributed by atoms with Gasteiger partial charge in [0.1, 0.15) is 5.75 Å². The number of methoxy groups -OCH3 is 1. The Hall–Kier alpha value is -1.84. The third-order valence-electron chi connectivity index (χ3n) is 2.79. The summed E-state index contributed by atoms with van der Waals surface area (Å²) in [4.78, 5) is 11.7. The topological polar surface area (TPSA) is 50.7 Å². The van der Waals surface area contributed by atoms with Crippen LogP contribution in [-0.4, -0.2) is 18.7 Å². The fourth-order valence-electron chi connectivity index (χ4n) is 1.61. The number of ether oxygens (including phenoxy) is 1. The van der Waals surface area contributed by atoms with Crippen LogP contribution in [0.4, 0.5) is 0 Å². The summed E-state index contributed by atoms with van der Waals surface area (Å²) in [7, 11) is 1.62. The number of hydrogen-bond acceptors (Lipinski definition) is 3. The SMILES string of the molecule is CCCCC(C)=NNC(=O)Cc1ccc(OC)cc1. The minimum atomic E-state index is -0.0963. The van der Waals surface area contributed by atoms with Crippen molar-refractivity contribution in [3.63, 3.8) is 0 Å². The second-order valence-electron chi connectivity index (χ2n) is 4.51. The Kier molecular flexibility index (Phi) is 6.64. The molecule has 4 nitrogen and oxygen atoms in total. The van der Waals surface area contributed by atoms with Crippen molar-refractivity contribution in [2.45, 2.75) is 39.5 Å².